The van der Waals surface area contributed by atoms with Crippen LogP contribution in [-0.2, 0) is 11.3 Å². The highest BCUT2D eigenvalue weighted by Gasteiger charge is 2.11. The topological polar surface area (TPSA) is 12.5 Å². The van der Waals surface area contributed by atoms with Gasteiger partial charge in [0, 0.05) is 19.6 Å². The van der Waals surface area contributed by atoms with Gasteiger partial charge in [-0.05, 0) is 18.1 Å². The van der Waals surface area contributed by atoms with Gasteiger partial charge in [0.2, 0.25) is 0 Å². The Bertz CT molecular complexity index is 334. The molecule has 0 N–H and O–H groups in total. The molecule has 0 aliphatic carbocycles. The number of benzene rings is 1. The molecule has 1 aliphatic rings. The molecule has 3 heteroatoms. The Labute approximate surface area is 96.0 Å². The average Bonchev–Trinajstić information content (AvgIpc) is 2.30. The van der Waals surface area contributed by atoms with Crippen molar-refractivity contribution in [2.24, 2.45) is 0 Å². The molecule has 1 unspecified atom stereocenters. The third-order valence-electron chi connectivity index (χ3n) is 2.82. The molecule has 1 aromatic carbocycles. The van der Waals surface area contributed by atoms with Crippen LogP contribution in [0, 0.1) is 6.92 Å². The molecular weight excluding hydrogens is 205 g/mol. The van der Waals surface area contributed by atoms with E-state index < -0.39 is 6.17 Å². The van der Waals surface area contributed by atoms with Crippen LogP contribution in [0.5, 0.6) is 0 Å². The number of morpholine rings is 1. The fraction of sp³-hybridized carbons (Fsp3) is 0.462. The monoisotopic (exact) mass is 222 g/mol. The minimum absolute atomic E-state index is 0.658. The van der Waals surface area contributed by atoms with Gasteiger partial charge < -0.3 is 4.74 Å². The van der Waals surface area contributed by atoms with E-state index in [1.54, 1.807) is 6.07 Å². The van der Waals surface area contributed by atoms with Gasteiger partial charge in [0.15, 0.2) is 0 Å². The van der Waals surface area contributed by atoms with E-state index in [4.69, 9.17) is 4.74 Å². The summed E-state index contributed by atoms with van der Waals surface area (Å²) >= 11 is 0. The quantitative estimate of drug-likeness (QED) is 0.778. The Morgan fingerprint density at radius 2 is 2.12 bits per heavy atom. The molecule has 16 heavy (non-hydrogen) atoms. The summed E-state index contributed by atoms with van der Waals surface area (Å²) in [5, 5.41) is 0. The number of alkyl halides is 1. The van der Waals surface area contributed by atoms with Crippen molar-refractivity contribution in [3.05, 3.63) is 42.3 Å². The second kappa shape index (κ2) is 5.41. The molecule has 1 aliphatic heterocycles. The lowest BCUT2D eigenvalue weighted by molar-refractivity contribution is 0.0342. The Balaban J connectivity index is 2.00. The second-order valence-corrected chi connectivity index (χ2v) is 4.10. The Kier molecular flexibility index (Phi) is 3.91. The highest BCUT2D eigenvalue weighted by atomic mass is 19.1. The van der Waals surface area contributed by atoms with Crippen molar-refractivity contribution in [3.63, 3.8) is 0 Å². The van der Waals surface area contributed by atoms with E-state index in [0.717, 1.165) is 38.4 Å². The van der Waals surface area contributed by atoms with Crippen LogP contribution in [0.3, 0.4) is 0 Å². The van der Waals surface area contributed by atoms with Crippen LogP contribution in [0.15, 0.2) is 24.3 Å². The predicted octanol–water partition coefficient (Wildman–Crippen LogP) is 2.36. The minimum Gasteiger partial charge on any atom is -0.379 e. The van der Waals surface area contributed by atoms with E-state index in [-0.39, 0.29) is 0 Å². The normalized spacial score (nSPS) is 19.6. The standard InChI is InChI=1S/C13H17FNO/c1-11(14)13-4-2-3-12(9-13)10-15-5-7-16-8-6-15/h2-4,9,11H,1,5-8,10H2. The van der Waals surface area contributed by atoms with Crippen LogP contribution in [0.4, 0.5) is 4.39 Å². The molecule has 1 heterocycles. The largest absolute Gasteiger partial charge is 0.379 e. The Morgan fingerprint density at radius 3 is 2.81 bits per heavy atom. The summed E-state index contributed by atoms with van der Waals surface area (Å²) in [6.45, 7) is 7.75. The molecule has 1 radical (unpaired) electrons. The van der Waals surface area contributed by atoms with Gasteiger partial charge in [0.1, 0.15) is 6.17 Å². The van der Waals surface area contributed by atoms with E-state index in [1.807, 2.05) is 18.2 Å². The predicted molar refractivity (Wildman–Crippen MR) is 61.7 cm³/mol. The van der Waals surface area contributed by atoms with Crippen molar-refractivity contribution in [2.45, 2.75) is 12.7 Å². The minimum atomic E-state index is -1.13. The van der Waals surface area contributed by atoms with Crippen molar-refractivity contribution in [1.29, 1.82) is 0 Å². The smallest absolute Gasteiger partial charge is 0.125 e. The van der Waals surface area contributed by atoms with Crippen LogP contribution in [0.1, 0.15) is 17.3 Å². The lowest BCUT2D eigenvalue weighted by Gasteiger charge is -2.26. The summed E-state index contributed by atoms with van der Waals surface area (Å²) in [5.41, 5.74) is 1.80. The maximum Gasteiger partial charge on any atom is 0.125 e. The molecule has 1 atom stereocenters. The lowest BCUT2D eigenvalue weighted by Crippen LogP contribution is -2.35. The van der Waals surface area contributed by atoms with Crippen LogP contribution < -0.4 is 0 Å². The summed E-state index contributed by atoms with van der Waals surface area (Å²) < 4.78 is 18.3. The van der Waals surface area contributed by atoms with E-state index in [2.05, 4.69) is 11.8 Å². The summed E-state index contributed by atoms with van der Waals surface area (Å²) in [6.07, 6.45) is -1.13. The molecule has 0 bridgehead atoms. The molecule has 87 valence electrons. The van der Waals surface area contributed by atoms with Crippen LogP contribution in [-0.4, -0.2) is 31.2 Å². The van der Waals surface area contributed by atoms with Crippen LogP contribution >= 0.6 is 0 Å². The molecule has 1 aromatic rings. The first-order chi connectivity index (χ1) is 7.75. The fourth-order valence-corrected chi connectivity index (χ4v) is 1.90. The van der Waals surface area contributed by atoms with Crippen molar-refractivity contribution in [3.8, 4) is 0 Å². The van der Waals surface area contributed by atoms with Crippen LogP contribution in [0.25, 0.3) is 0 Å². The van der Waals surface area contributed by atoms with Crippen molar-refractivity contribution < 1.29 is 9.13 Å². The first-order valence-corrected chi connectivity index (χ1v) is 5.62. The number of nitrogens with zero attached hydrogens (tertiary/aromatic N) is 1. The number of ether oxygens (including phenoxy) is 1. The molecule has 0 aromatic heterocycles. The van der Waals surface area contributed by atoms with Gasteiger partial charge in [-0.15, -0.1) is 0 Å². The molecule has 2 nitrogen and oxygen atoms in total. The summed E-state index contributed by atoms with van der Waals surface area (Å²) in [7, 11) is 0. The SMILES string of the molecule is [CH2]C(F)c1cccc(CN2CCOCC2)c1. The zero-order chi connectivity index (χ0) is 11.4. The number of hydrogen-bond acceptors (Lipinski definition) is 2. The fourth-order valence-electron chi connectivity index (χ4n) is 1.90. The van der Waals surface area contributed by atoms with Gasteiger partial charge in [-0.25, -0.2) is 4.39 Å². The maximum absolute atomic E-state index is 13.0. The summed E-state index contributed by atoms with van der Waals surface area (Å²) in [6, 6.07) is 7.60. The van der Waals surface area contributed by atoms with Gasteiger partial charge in [-0.1, -0.05) is 24.3 Å². The number of hydrogen-bond donors (Lipinski definition) is 0. The maximum atomic E-state index is 13.0. The zero-order valence-corrected chi connectivity index (χ0v) is 9.36. The van der Waals surface area contributed by atoms with Crippen molar-refractivity contribution in [2.75, 3.05) is 26.3 Å². The summed E-state index contributed by atoms with van der Waals surface area (Å²) in [5.74, 6) is 0. The van der Waals surface area contributed by atoms with Gasteiger partial charge in [0.25, 0.3) is 0 Å². The molecule has 1 fully saturated rings. The van der Waals surface area contributed by atoms with Gasteiger partial charge in [-0.2, -0.15) is 0 Å². The van der Waals surface area contributed by atoms with Crippen molar-refractivity contribution >= 4 is 0 Å². The third kappa shape index (κ3) is 3.03. The third-order valence-corrected chi connectivity index (χ3v) is 2.82. The van der Waals surface area contributed by atoms with E-state index in [9.17, 15) is 4.39 Å². The first-order valence-electron chi connectivity index (χ1n) is 5.62. The first kappa shape index (κ1) is 11.6. The molecular formula is C13H17FNO. The zero-order valence-electron chi connectivity index (χ0n) is 9.36. The average molecular weight is 222 g/mol. The lowest BCUT2D eigenvalue weighted by atomic mass is 10.1. The second-order valence-electron chi connectivity index (χ2n) is 4.10. The number of rotatable bonds is 3. The van der Waals surface area contributed by atoms with E-state index in [1.165, 1.54) is 0 Å². The molecule has 0 spiro atoms. The highest BCUT2D eigenvalue weighted by molar-refractivity contribution is 5.25. The Morgan fingerprint density at radius 1 is 1.38 bits per heavy atom. The molecule has 0 saturated carbocycles. The molecule has 1 saturated heterocycles. The number of halogens is 1. The van der Waals surface area contributed by atoms with Gasteiger partial charge in [0.05, 0.1) is 13.2 Å². The Hall–Kier alpha value is -0.930. The summed E-state index contributed by atoms with van der Waals surface area (Å²) in [4.78, 5) is 2.32. The molecule has 2 rings (SSSR count). The van der Waals surface area contributed by atoms with Gasteiger partial charge >= 0.3 is 0 Å². The van der Waals surface area contributed by atoms with E-state index in [0.29, 0.717) is 5.56 Å². The van der Waals surface area contributed by atoms with Crippen LogP contribution in [0.2, 0.25) is 0 Å². The molecule has 0 amide bonds. The van der Waals surface area contributed by atoms with E-state index >= 15 is 0 Å². The van der Waals surface area contributed by atoms with Gasteiger partial charge in [-0.3, -0.25) is 4.90 Å². The highest BCUT2D eigenvalue weighted by Crippen LogP contribution is 2.18. The van der Waals surface area contributed by atoms with Crippen molar-refractivity contribution in [1.82, 2.24) is 4.90 Å².